The standard InChI is InChI=1S/C29H33FN4O2/c30-26-10-9-21(16-27-23-3-1-2-4-24(23)28(35)32-31-27)15-25(26)29(36)34-17-22(18-34)33(13-11-19-5-6-19)14-12-20-7-8-20/h1-4,9-10,15,19-20,22H,5-8,11-14,16-18H2,(H,32,35). The summed E-state index contributed by atoms with van der Waals surface area (Å²) in [5, 5.41) is 8.11. The van der Waals surface area contributed by atoms with Gasteiger partial charge in [-0.25, -0.2) is 9.49 Å². The lowest BCUT2D eigenvalue weighted by Crippen LogP contribution is -2.61. The van der Waals surface area contributed by atoms with E-state index >= 15 is 0 Å². The van der Waals surface area contributed by atoms with Gasteiger partial charge in [0, 0.05) is 30.9 Å². The molecule has 1 saturated heterocycles. The van der Waals surface area contributed by atoms with Crippen molar-refractivity contribution in [2.45, 2.75) is 51.0 Å². The molecule has 3 aromatic rings. The van der Waals surface area contributed by atoms with E-state index in [1.807, 2.05) is 18.2 Å². The lowest BCUT2D eigenvalue weighted by molar-refractivity contribution is 0.0243. The number of amides is 1. The highest BCUT2D eigenvalue weighted by Crippen LogP contribution is 2.35. The SMILES string of the molecule is O=C(c1cc(Cc2n[nH]c(=O)c3ccccc23)ccc1F)N1CC(N(CCC2CC2)CCC2CC2)C1. The summed E-state index contributed by atoms with van der Waals surface area (Å²) in [6, 6.07) is 12.4. The van der Waals surface area contributed by atoms with Crippen LogP contribution in [-0.2, 0) is 6.42 Å². The zero-order valence-corrected chi connectivity index (χ0v) is 20.6. The molecule has 3 fully saturated rings. The largest absolute Gasteiger partial charge is 0.335 e. The molecule has 1 aromatic heterocycles. The lowest BCUT2D eigenvalue weighted by Gasteiger charge is -2.45. The second kappa shape index (κ2) is 9.77. The van der Waals surface area contributed by atoms with Gasteiger partial charge in [-0.3, -0.25) is 14.5 Å². The number of rotatable bonds is 10. The number of benzene rings is 2. The van der Waals surface area contributed by atoms with Crippen LogP contribution in [0.15, 0.2) is 47.3 Å². The topological polar surface area (TPSA) is 69.3 Å². The van der Waals surface area contributed by atoms with E-state index in [9.17, 15) is 14.0 Å². The van der Waals surface area contributed by atoms with Gasteiger partial charge in [0.15, 0.2) is 0 Å². The first-order chi connectivity index (χ1) is 17.5. The highest BCUT2D eigenvalue weighted by Gasteiger charge is 2.37. The highest BCUT2D eigenvalue weighted by atomic mass is 19.1. The van der Waals surface area contributed by atoms with Crippen molar-refractivity contribution < 1.29 is 9.18 Å². The minimum Gasteiger partial charge on any atom is -0.335 e. The van der Waals surface area contributed by atoms with E-state index in [0.717, 1.165) is 35.9 Å². The molecule has 6 rings (SSSR count). The zero-order valence-electron chi connectivity index (χ0n) is 20.6. The van der Waals surface area contributed by atoms with Gasteiger partial charge in [-0.1, -0.05) is 49.9 Å². The molecule has 0 atom stereocenters. The fourth-order valence-corrected chi connectivity index (χ4v) is 5.36. The van der Waals surface area contributed by atoms with Gasteiger partial charge < -0.3 is 4.90 Å². The van der Waals surface area contributed by atoms with Crippen LogP contribution in [0.5, 0.6) is 0 Å². The van der Waals surface area contributed by atoms with E-state index in [2.05, 4.69) is 15.1 Å². The molecule has 2 aromatic carbocycles. The first-order valence-electron chi connectivity index (χ1n) is 13.3. The molecule has 1 aliphatic heterocycles. The van der Waals surface area contributed by atoms with Gasteiger partial charge in [0.05, 0.1) is 16.6 Å². The first kappa shape index (κ1) is 23.3. The van der Waals surface area contributed by atoms with Gasteiger partial charge in [0.1, 0.15) is 5.82 Å². The molecule has 2 heterocycles. The van der Waals surface area contributed by atoms with Crippen LogP contribution >= 0.6 is 0 Å². The van der Waals surface area contributed by atoms with Crippen molar-refractivity contribution in [1.29, 1.82) is 0 Å². The Hall–Kier alpha value is -3.06. The Bertz CT molecular complexity index is 1310. The summed E-state index contributed by atoms with van der Waals surface area (Å²) in [5.74, 6) is 1.06. The van der Waals surface area contributed by atoms with Crippen molar-refractivity contribution in [1.82, 2.24) is 20.0 Å². The third-order valence-corrected chi connectivity index (χ3v) is 8.12. The highest BCUT2D eigenvalue weighted by molar-refractivity contribution is 5.95. The van der Waals surface area contributed by atoms with Crippen LogP contribution in [0.2, 0.25) is 0 Å². The van der Waals surface area contributed by atoms with Crippen molar-refractivity contribution in [2.24, 2.45) is 11.8 Å². The minimum atomic E-state index is -0.495. The van der Waals surface area contributed by atoms with Gasteiger partial charge in [-0.05, 0) is 61.5 Å². The van der Waals surface area contributed by atoms with Crippen LogP contribution in [-0.4, -0.2) is 58.1 Å². The Labute approximate surface area is 210 Å². The predicted octanol–water partition coefficient (Wildman–Crippen LogP) is 4.38. The fourth-order valence-electron chi connectivity index (χ4n) is 5.36. The van der Waals surface area contributed by atoms with Crippen molar-refractivity contribution >= 4 is 16.7 Å². The summed E-state index contributed by atoms with van der Waals surface area (Å²) in [7, 11) is 0. The van der Waals surface area contributed by atoms with E-state index < -0.39 is 5.82 Å². The molecule has 188 valence electrons. The van der Waals surface area contributed by atoms with Crippen molar-refractivity contribution in [2.75, 3.05) is 26.2 Å². The monoisotopic (exact) mass is 488 g/mol. The predicted molar refractivity (Wildman–Crippen MR) is 138 cm³/mol. The van der Waals surface area contributed by atoms with Crippen molar-refractivity contribution in [3.8, 4) is 0 Å². The second-order valence-corrected chi connectivity index (χ2v) is 10.9. The van der Waals surface area contributed by atoms with E-state index in [-0.39, 0.29) is 17.0 Å². The molecular weight excluding hydrogens is 455 g/mol. The Balaban J connectivity index is 1.13. The van der Waals surface area contributed by atoms with Crippen molar-refractivity contribution in [3.05, 3.63) is 75.5 Å². The Kier molecular flexibility index (Phi) is 6.34. The molecule has 1 N–H and O–H groups in total. The van der Waals surface area contributed by atoms with E-state index in [4.69, 9.17) is 0 Å². The Morgan fingerprint density at radius 1 is 1.00 bits per heavy atom. The average Bonchev–Trinajstić information content (AvgIpc) is 3.78. The van der Waals surface area contributed by atoms with Crippen molar-refractivity contribution in [3.63, 3.8) is 0 Å². The maximum absolute atomic E-state index is 14.8. The number of nitrogens with one attached hydrogen (secondary N) is 1. The molecule has 0 unspecified atom stereocenters. The number of carbonyl (C=O) groups is 1. The van der Waals surface area contributed by atoms with Crippen LogP contribution in [0.25, 0.3) is 10.8 Å². The average molecular weight is 489 g/mol. The normalized spacial score (nSPS) is 18.1. The quantitative estimate of drug-likeness (QED) is 0.460. The summed E-state index contributed by atoms with van der Waals surface area (Å²) < 4.78 is 14.8. The molecule has 1 amide bonds. The minimum absolute atomic E-state index is 0.113. The molecule has 0 spiro atoms. The number of fused-ring (bicyclic) bond motifs is 1. The van der Waals surface area contributed by atoms with Crippen LogP contribution in [0.3, 0.4) is 0 Å². The Morgan fingerprint density at radius 3 is 2.33 bits per heavy atom. The summed E-state index contributed by atoms with van der Waals surface area (Å²) in [4.78, 5) is 29.7. The third kappa shape index (κ3) is 5.07. The summed E-state index contributed by atoms with van der Waals surface area (Å²) in [5.41, 5.74) is 1.36. The smallest absolute Gasteiger partial charge is 0.272 e. The first-order valence-corrected chi connectivity index (χ1v) is 13.3. The van der Waals surface area contributed by atoms with Gasteiger partial charge in [-0.15, -0.1) is 0 Å². The van der Waals surface area contributed by atoms with Gasteiger partial charge in [-0.2, -0.15) is 5.10 Å². The second-order valence-electron chi connectivity index (χ2n) is 10.9. The zero-order chi connectivity index (χ0) is 24.6. The number of likely N-dealkylation sites (tertiary alicyclic amines) is 1. The molecule has 3 aliphatic rings. The number of halogens is 1. The van der Waals surface area contributed by atoms with E-state index in [1.54, 1.807) is 23.1 Å². The number of hydrogen-bond donors (Lipinski definition) is 1. The van der Waals surface area contributed by atoms with Crippen LogP contribution in [0.4, 0.5) is 4.39 Å². The molecule has 0 radical (unpaired) electrons. The maximum atomic E-state index is 14.8. The molecule has 7 heteroatoms. The van der Waals surface area contributed by atoms with Crippen LogP contribution in [0, 0.1) is 17.7 Å². The van der Waals surface area contributed by atoms with E-state index in [0.29, 0.717) is 36.6 Å². The molecule has 2 saturated carbocycles. The van der Waals surface area contributed by atoms with Gasteiger partial charge >= 0.3 is 0 Å². The fraction of sp³-hybridized carbons (Fsp3) is 0.483. The molecule has 36 heavy (non-hydrogen) atoms. The number of aromatic amines is 1. The van der Waals surface area contributed by atoms with E-state index in [1.165, 1.54) is 44.6 Å². The number of aromatic nitrogens is 2. The molecule has 6 nitrogen and oxygen atoms in total. The third-order valence-electron chi connectivity index (χ3n) is 8.12. The molecule has 2 aliphatic carbocycles. The molecule has 0 bridgehead atoms. The number of carbonyl (C=O) groups excluding carboxylic acids is 1. The van der Waals surface area contributed by atoms with Gasteiger partial charge in [0.2, 0.25) is 0 Å². The summed E-state index contributed by atoms with van der Waals surface area (Å²) in [6.07, 6.45) is 8.39. The number of nitrogens with zero attached hydrogens (tertiary/aromatic N) is 3. The number of hydrogen-bond acceptors (Lipinski definition) is 4. The van der Waals surface area contributed by atoms with Crippen LogP contribution in [0.1, 0.15) is 60.1 Å². The molecular formula is C29H33FN4O2. The summed E-state index contributed by atoms with van der Waals surface area (Å²) in [6.45, 7) is 3.58. The Morgan fingerprint density at radius 2 is 1.67 bits per heavy atom. The lowest BCUT2D eigenvalue weighted by atomic mass is 10.00. The summed E-state index contributed by atoms with van der Waals surface area (Å²) >= 11 is 0. The van der Waals surface area contributed by atoms with Crippen LogP contribution < -0.4 is 5.56 Å². The number of H-pyrrole nitrogens is 1. The maximum Gasteiger partial charge on any atom is 0.272 e. The van der Waals surface area contributed by atoms with Gasteiger partial charge in [0.25, 0.3) is 11.5 Å².